The van der Waals surface area contributed by atoms with Gasteiger partial charge in [-0.2, -0.15) is 0 Å². The van der Waals surface area contributed by atoms with E-state index in [0.29, 0.717) is 0 Å². The summed E-state index contributed by atoms with van der Waals surface area (Å²) in [4.78, 5) is 7.33. The zero-order chi connectivity index (χ0) is 10.5. The van der Waals surface area contributed by atoms with Crippen molar-refractivity contribution in [3.8, 4) is 0 Å². The lowest BCUT2D eigenvalue weighted by atomic mass is 10.1. The van der Waals surface area contributed by atoms with Crippen molar-refractivity contribution in [2.24, 2.45) is 0 Å². The maximum Gasteiger partial charge on any atom is 0.106 e. The Kier molecular flexibility index (Phi) is 3.18. The van der Waals surface area contributed by atoms with Crippen LogP contribution in [0.4, 0.5) is 0 Å². The van der Waals surface area contributed by atoms with E-state index in [2.05, 4.69) is 41.2 Å². The Morgan fingerprint density at radius 2 is 1.80 bits per heavy atom. The molecule has 2 heteroatoms. The predicted molar refractivity (Wildman–Crippen MR) is 61.8 cm³/mol. The van der Waals surface area contributed by atoms with Crippen molar-refractivity contribution in [2.45, 2.75) is 26.2 Å². The van der Waals surface area contributed by atoms with Crippen LogP contribution in [0.2, 0.25) is 0 Å². The highest BCUT2D eigenvalue weighted by Gasteiger charge is 1.97. The summed E-state index contributed by atoms with van der Waals surface area (Å²) in [5.74, 6) is 1.06. The Morgan fingerprint density at radius 1 is 1.07 bits per heavy atom. The minimum absolute atomic E-state index is 0.985. The standard InChI is InChI=1S/C13H16N2/c1-2-11-3-5-12(6-4-11)7-8-13-14-9-10-15-13/h3-6,9-10H,2,7-8H2,1H3,(H,14,15). The van der Waals surface area contributed by atoms with Crippen molar-refractivity contribution >= 4 is 0 Å². The summed E-state index contributed by atoms with van der Waals surface area (Å²) in [5, 5.41) is 0. The minimum atomic E-state index is 0.985. The molecule has 0 aliphatic heterocycles. The van der Waals surface area contributed by atoms with Gasteiger partial charge in [0.2, 0.25) is 0 Å². The van der Waals surface area contributed by atoms with Crippen LogP contribution in [0.5, 0.6) is 0 Å². The van der Waals surface area contributed by atoms with Gasteiger partial charge in [0.1, 0.15) is 5.82 Å². The van der Waals surface area contributed by atoms with Gasteiger partial charge >= 0.3 is 0 Å². The number of nitrogens with zero attached hydrogens (tertiary/aromatic N) is 1. The minimum Gasteiger partial charge on any atom is -0.349 e. The van der Waals surface area contributed by atoms with Crippen LogP contribution in [0.15, 0.2) is 36.7 Å². The summed E-state index contributed by atoms with van der Waals surface area (Å²) in [7, 11) is 0. The van der Waals surface area contributed by atoms with E-state index < -0.39 is 0 Å². The average molecular weight is 200 g/mol. The molecule has 0 amide bonds. The molecule has 2 aromatic rings. The van der Waals surface area contributed by atoms with Gasteiger partial charge in [0.05, 0.1) is 0 Å². The van der Waals surface area contributed by atoms with E-state index in [1.54, 1.807) is 6.20 Å². The van der Waals surface area contributed by atoms with E-state index in [1.807, 2.05) is 6.20 Å². The third kappa shape index (κ3) is 2.69. The van der Waals surface area contributed by atoms with Gasteiger partial charge in [-0.1, -0.05) is 31.2 Å². The molecule has 0 radical (unpaired) electrons. The zero-order valence-electron chi connectivity index (χ0n) is 9.03. The Bertz CT molecular complexity index is 387. The van der Waals surface area contributed by atoms with E-state index >= 15 is 0 Å². The van der Waals surface area contributed by atoms with E-state index in [1.165, 1.54) is 11.1 Å². The highest BCUT2D eigenvalue weighted by Crippen LogP contribution is 2.07. The zero-order valence-corrected chi connectivity index (χ0v) is 9.03. The quantitative estimate of drug-likeness (QED) is 0.807. The summed E-state index contributed by atoms with van der Waals surface area (Å²) in [5.41, 5.74) is 2.78. The predicted octanol–water partition coefficient (Wildman–Crippen LogP) is 2.76. The molecule has 0 bridgehead atoms. The van der Waals surface area contributed by atoms with Crippen LogP contribution < -0.4 is 0 Å². The van der Waals surface area contributed by atoms with Gasteiger partial charge in [0.15, 0.2) is 0 Å². The normalized spacial score (nSPS) is 10.5. The molecule has 2 rings (SSSR count). The Balaban J connectivity index is 1.93. The fraction of sp³-hybridized carbons (Fsp3) is 0.308. The summed E-state index contributed by atoms with van der Waals surface area (Å²) in [6, 6.07) is 8.83. The lowest BCUT2D eigenvalue weighted by Gasteiger charge is -2.01. The number of hydrogen-bond donors (Lipinski definition) is 1. The molecule has 0 atom stereocenters. The van der Waals surface area contributed by atoms with Gasteiger partial charge in [0, 0.05) is 18.8 Å². The van der Waals surface area contributed by atoms with Crippen molar-refractivity contribution in [3.63, 3.8) is 0 Å². The van der Waals surface area contributed by atoms with Gasteiger partial charge in [-0.15, -0.1) is 0 Å². The van der Waals surface area contributed by atoms with Crippen LogP contribution in [0, 0.1) is 0 Å². The van der Waals surface area contributed by atoms with Crippen molar-refractivity contribution in [1.29, 1.82) is 0 Å². The van der Waals surface area contributed by atoms with E-state index in [4.69, 9.17) is 0 Å². The summed E-state index contributed by atoms with van der Waals surface area (Å²) >= 11 is 0. The number of rotatable bonds is 4. The molecule has 0 unspecified atom stereocenters. The number of nitrogens with one attached hydrogen (secondary N) is 1. The molecule has 78 valence electrons. The fourth-order valence-electron chi connectivity index (χ4n) is 1.64. The first-order valence-corrected chi connectivity index (χ1v) is 5.44. The molecule has 0 fully saturated rings. The first kappa shape index (κ1) is 9.97. The molecule has 1 aromatic heterocycles. The molecular weight excluding hydrogens is 184 g/mol. The number of imidazole rings is 1. The number of aromatic nitrogens is 2. The molecule has 2 nitrogen and oxygen atoms in total. The van der Waals surface area contributed by atoms with E-state index in [0.717, 1.165) is 25.1 Å². The lowest BCUT2D eigenvalue weighted by Crippen LogP contribution is -1.93. The second kappa shape index (κ2) is 4.78. The van der Waals surface area contributed by atoms with Gasteiger partial charge in [-0.05, 0) is 24.0 Å². The van der Waals surface area contributed by atoms with E-state index in [9.17, 15) is 0 Å². The number of aromatic amines is 1. The maximum atomic E-state index is 4.21. The number of hydrogen-bond acceptors (Lipinski definition) is 1. The molecule has 0 aliphatic rings. The molecular formula is C13H16N2. The third-order valence-corrected chi connectivity index (χ3v) is 2.64. The van der Waals surface area contributed by atoms with E-state index in [-0.39, 0.29) is 0 Å². The molecule has 0 spiro atoms. The van der Waals surface area contributed by atoms with Gasteiger partial charge < -0.3 is 4.98 Å². The molecule has 1 N–H and O–H groups in total. The second-order valence-corrected chi connectivity index (χ2v) is 3.71. The molecule has 0 saturated carbocycles. The third-order valence-electron chi connectivity index (χ3n) is 2.64. The van der Waals surface area contributed by atoms with Crippen LogP contribution in [0.25, 0.3) is 0 Å². The van der Waals surface area contributed by atoms with Gasteiger partial charge in [-0.25, -0.2) is 4.98 Å². The summed E-state index contributed by atoms with van der Waals surface area (Å²) in [6.07, 6.45) is 6.82. The number of H-pyrrole nitrogens is 1. The topological polar surface area (TPSA) is 28.7 Å². The second-order valence-electron chi connectivity index (χ2n) is 3.71. The molecule has 15 heavy (non-hydrogen) atoms. The largest absolute Gasteiger partial charge is 0.349 e. The average Bonchev–Trinajstić information content (AvgIpc) is 2.80. The Labute approximate surface area is 90.4 Å². The molecule has 0 saturated heterocycles. The number of aryl methyl sites for hydroxylation is 3. The smallest absolute Gasteiger partial charge is 0.106 e. The molecule has 1 heterocycles. The maximum absolute atomic E-state index is 4.21. The SMILES string of the molecule is CCc1ccc(CCc2ncc[nH]2)cc1. The number of benzene rings is 1. The van der Waals surface area contributed by atoms with Crippen LogP contribution >= 0.6 is 0 Å². The molecule has 0 aliphatic carbocycles. The highest BCUT2D eigenvalue weighted by atomic mass is 14.9. The Morgan fingerprint density at radius 3 is 2.40 bits per heavy atom. The van der Waals surface area contributed by atoms with Crippen molar-refractivity contribution in [3.05, 3.63) is 53.6 Å². The summed E-state index contributed by atoms with van der Waals surface area (Å²) in [6.45, 7) is 2.18. The lowest BCUT2D eigenvalue weighted by molar-refractivity contribution is 0.883. The van der Waals surface area contributed by atoms with Gasteiger partial charge in [-0.3, -0.25) is 0 Å². The van der Waals surface area contributed by atoms with Crippen LogP contribution in [-0.2, 0) is 19.3 Å². The molecule has 1 aromatic carbocycles. The first-order valence-electron chi connectivity index (χ1n) is 5.44. The monoisotopic (exact) mass is 200 g/mol. The van der Waals surface area contributed by atoms with Crippen molar-refractivity contribution in [2.75, 3.05) is 0 Å². The van der Waals surface area contributed by atoms with Crippen LogP contribution in [-0.4, -0.2) is 9.97 Å². The Hall–Kier alpha value is -1.57. The van der Waals surface area contributed by atoms with Crippen LogP contribution in [0.3, 0.4) is 0 Å². The summed E-state index contributed by atoms with van der Waals surface area (Å²) < 4.78 is 0. The van der Waals surface area contributed by atoms with Gasteiger partial charge in [0.25, 0.3) is 0 Å². The van der Waals surface area contributed by atoms with Crippen molar-refractivity contribution in [1.82, 2.24) is 9.97 Å². The van der Waals surface area contributed by atoms with Crippen molar-refractivity contribution < 1.29 is 0 Å². The highest BCUT2D eigenvalue weighted by molar-refractivity contribution is 5.22. The van der Waals surface area contributed by atoms with Crippen LogP contribution in [0.1, 0.15) is 23.9 Å². The first-order chi connectivity index (χ1) is 7.38. The fourth-order valence-corrected chi connectivity index (χ4v) is 1.64.